The minimum atomic E-state index is 0.107. The molecule has 1 unspecified atom stereocenters. The molecule has 3 rings (SSSR count). The molecule has 0 bridgehead atoms. The number of nitrogens with zero attached hydrogens (tertiary/aromatic N) is 3. The predicted octanol–water partition coefficient (Wildman–Crippen LogP) is 3.68. The van der Waals surface area contributed by atoms with Crippen LogP contribution in [0.4, 0.5) is 5.95 Å². The monoisotopic (exact) mass is 351 g/mol. The first-order valence-corrected chi connectivity index (χ1v) is 8.59. The van der Waals surface area contributed by atoms with Crippen LogP contribution in [0.2, 0.25) is 0 Å². The third-order valence-electron chi connectivity index (χ3n) is 4.00. The van der Waals surface area contributed by atoms with Gasteiger partial charge in [0.1, 0.15) is 6.33 Å². The van der Waals surface area contributed by atoms with Crippen molar-refractivity contribution in [1.82, 2.24) is 20.1 Å². The van der Waals surface area contributed by atoms with Crippen LogP contribution in [0.15, 0.2) is 60.9 Å². The maximum atomic E-state index is 5.36. The summed E-state index contributed by atoms with van der Waals surface area (Å²) in [6.45, 7) is 4.84. The zero-order valence-electron chi connectivity index (χ0n) is 14.3. The Bertz CT molecular complexity index is 844. The molecule has 128 valence electrons. The Hall–Kier alpha value is -2.73. The Labute approximate surface area is 153 Å². The number of anilines is 1. The van der Waals surface area contributed by atoms with Crippen molar-refractivity contribution in [3.05, 3.63) is 77.6 Å². The van der Waals surface area contributed by atoms with Crippen LogP contribution in [0.3, 0.4) is 0 Å². The molecule has 0 aliphatic heterocycles. The number of aryl methyl sites for hydroxylation is 1. The van der Waals surface area contributed by atoms with Gasteiger partial charge in [-0.15, -0.1) is 5.10 Å². The molecule has 2 N–H and O–H groups in total. The highest BCUT2D eigenvalue weighted by Crippen LogP contribution is 2.12. The van der Waals surface area contributed by atoms with Crippen molar-refractivity contribution >= 4 is 23.3 Å². The molecule has 5 nitrogen and oxygen atoms in total. The highest BCUT2D eigenvalue weighted by molar-refractivity contribution is 7.80. The number of hydrogen-bond donors (Lipinski definition) is 2. The van der Waals surface area contributed by atoms with Gasteiger partial charge in [-0.05, 0) is 42.8 Å². The molecule has 25 heavy (non-hydrogen) atoms. The van der Waals surface area contributed by atoms with Crippen LogP contribution >= 0.6 is 12.2 Å². The van der Waals surface area contributed by atoms with Gasteiger partial charge in [-0.25, -0.2) is 9.67 Å². The lowest BCUT2D eigenvalue weighted by Gasteiger charge is -2.16. The molecule has 0 saturated heterocycles. The summed E-state index contributed by atoms with van der Waals surface area (Å²) in [5, 5.41) is 11.2. The molecule has 3 aromatic rings. The summed E-state index contributed by atoms with van der Waals surface area (Å²) >= 11 is 5.36. The molecule has 0 spiro atoms. The van der Waals surface area contributed by atoms with Crippen LogP contribution < -0.4 is 10.6 Å². The van der Waals surface area contributed by atoms with Gasteiger partial charge in [-0.2, -0.15) is 0 Å². The fraction of sp³-hybridized carbons (Fsp3) is 0.211. The van der Waals surface area contributed by atoms with Crippen molar-refractivity contribution in [2.24, 2.45) is 0 Å². The highest BCUT2D eigenvalue weighted by atomic mass is 32.1. The molecule has 0 fully saturated rings. The van der Waals surface area contributed by atoms with Gasteiger partial charge in [-0.3, -0.25) is 5.32 Å². The lowest BCUT2D eigenvalue weighted by molar-refractivity contribution is 0.683. The summed E-state index contributed by atoms with van der Waals surface area (Å²) in [6.07, 6.45) is 1.71. The zero-order chi connectivity index (χ0) is 17.6. The predicted molar refractivity (Wildman–Crippen MR) is 105 cm³/mol. The lowest BCUT2D eigenvalue weighted by Crippen LogP contribution is -2.31. The molecular formula is C19H21N5S. The Morgan fingerprint density at radius 2 is 1.84 bits per heavy atom. The van der Waals surface area contributed by atoms with E-state index in [0.29, 0.717) is 17.6 Å². The Balaban J connectivity index is 1.58. The summed E-state index contributed by atoms with van der Waals surface area (Å²) in [6, 6.07) is 18.5. The molecule has 0 amide bonds. The fourth-order valence-electron chi connectivity index (χ4n) is 2.55. The van der Waals surface area contributed by atoms with Gasteiger partial charge >= 0.3 is 0 Å². The molecule has 0 aliphatic carbocycles. The molecule has 0 aliphatic rings. The van der Waals surface area contributed by atoms with Crippen LogP contribution in [0.1, 0.15) is 29.7 Å². The van der Waals surface area contributed by atoms with Gasteiger partial charge in [0, 0.05) is 0 Å². The van der Waals surface area contributed by atoms with Gasteiger partial charge in [0.2, 0.25) is 5.95 Å². The third-order valence-corrected chi connectivity index (χ3v) is 4.22. The molecule has 6 heteroatoms. The molecule has 1 heterocycles. The van der Waals surface area contributed by atoms with Crippen molar-refractivity contribution in [2.75, 3.05) is 5.32 Å². The molecule has 0 saturated carbocycles. The van der Waals surface area contributed by atoms with Crippen molar-refractivity contribution in [3.8, 4) is 0 Å². The maximum absolute atomic E-state index is 5.36. The van der Waals surface area contributed by atoms with E-state index in [9.17, 15) is 0 Å². The zero-order valence-corrected chi connectivity index (χ0v) is 15.1. The number of aromatic nitrogens is 3. The average molecular weight is 351 g/mol. The maximum Gasteiger partial charge on any atom is 0.248 e. The number of hydrogen-bond acceptors (Lipinski definition) is 3. The van der Waals surface area contributed by atoms with Crippen LogP contribution in [0, 0.1) is 6.92 Å². The molecule has 1 aromatic heterocycles. The van der Waals surface area contributed by atoms with E-state index in [1.54, 1.807) is 11.0 Å². The van der Waals surface area contributed by atoms with Crippen molar-refractivity contribution in [2.45, 2.75) is 26.4 Å². The van der Waals surface area contributed by atoms with Crippen molar-refractivity contribution in [1.29, 1.82) is 0 Å². The van der Waals surface area contributed by atoms with Crippen LogP contribution in [-0.4, -0.2) is 19.9 Å². The first-order valence-electron chi connectivity index (χ1n) is 8.18. The van der Waals surface area contributed by atoms with E-state index in [2.05, 4.69) is 58.8 Å². The molecule has 1 atom stereocenters. The smallest absolute Gasteiger partial charge is 0.248 e. The summed E-state index contributed by atoms with van der Waals surface area (Å²) in [4.78, 5) is 4.28. The summed E-state index contributed by atoms with van der Waals surface area (Å²) in [5.41, 5.74) is 3.63. The van der Waals surface area contributed by atoms with E-state index in [4.69, 9.17) is 12.2 Å². The quantitative estimate of drug-likeness (QED) is 0.687. The first-order chi connectivity index (χ1) is 12.1. The molecular weight excluding hydrogens is 330 g/mol. The first kappa shape index (κ1) is 17.1. The minimum absolute atomic E-state index is 0.107. The Kier molecular flexibility index (Phi) is 5.40. The second-order valence-corrected chi connectivity index (χ2v) is 6.33. The van der Waals surface area contributed by atoms with E-state index < -0.39 is 0 Å². The Morgan fingerprint density at radius 3 is 2.60 bits per heavy atom. The Morgan fingerprint density at radius 1 is 1.12 bits per heavy atom. The van der Waals surface area contributed by atoms with Crippen molar-refractivity contribution in [3.63, 3.8) is 0 Å². The van der Waals surface area contributed by atoms with Gasteiger partial charge in [0.05, 0.1) is 12.6 Å². The number of rotatable bonds is 5. The standard InChI is InChI=1S/C19H21N5S/c1-14-8-6-7-11-17(14)12-24-13-20-18(23-24)22-19(25)21-15(2)16-9-4-3-5-10-16/h3-11,13,15H,12H2,1-2H3,(H2,21,22,23,25). The number of thiocarbonyl (C=S) groups is 1. The SMILES string of the molecule is Cc1ccccc1Cn1cnc(NC(=S)NC(C)c2ccccc2)n1. The second-order valence-electron chi connectivity index (χ2n) is 5.92. The number of benzene rings is 2. The van der Waals surface area contributed by atoms with E-state index in [1.807, 2.05) is 30.3 Å². The molecule has 0 radical (unpaired) electrons. The van der Waals surface area contributed by atoms with Gasteiger partial charge < -0.3 is 5.32 Å². The second kappa shape index (κ2) is 7.90. The lowest BCUT2D eigenvalue weighted by atomic mass is 10.1. The van der Waals surface area contributed by atoms with E-state index in [0.717, 1.165) is 0 Å². The fourth-order valence-corrected chi connectivity index (χ4v) is 2.82. The third kappa shape index (κ3) is 4.64. The van der Waals surface area contributed by atoms with Gasteiger partial charge in [0.25, 0.3) is 0 Å². The largest absolute Gasteiger partial charge is 0.356 e. The van der Waals surface area contributed by atoms with E-state index in [-0.39, 0.29) is 6.04 Å². The average Bonchev–Trinajstić information content (AvgIpc) is 3.04. The number of nitrogens with one attached hydrogen (secondary N) is 2. The van der Waals surface area contributed by atoms with E-state index in [1.165, 1.54) is 16.7 Å². The van der Waals surface area contributed by atoms with Crippen LogP contribution in [0.25, 0.3) is 0 Å². The van der Waals surface area contributed by atoms with E-state index >= 15 is 0 Å². The summed E-state index contributed by atoms with van der Waals surface area (Å²) < 4.78 is 1.80. The topological polar surface area (TPSA) is 54.8 Å². The van der Waals surface area contributed by atoms with Crippen LogP contribution in [-0.2, 0) is 6.54 Å². The van der Waals surface area contributed by atoms with Gasteiger partial charge in [0.15, 0.2) is 5.11 Å². The highest BCUT2D eigenvalue weighted by Gasteiger charge is 2.09. The van der Waals surface area contributed by atoms with Crippen LogP contribution in [0.5, 0.6) is 0 Å². The van der Waals surface area contributed by atoms with Crippen molar-refractivity contribution < 1.29 is 0 Å². The molecule has 2 aromatic carbocycles. The van der Waals surface area contributed by atoms with Gasteiger partial charge in [-0.1, -0.05) is 54.6 Å². The summed E-state index contributed by atoms with van der Waals surface area (Å²) in [5.74, 6) is 0.492. The minimum Gasteiger partial charge on any atom is -0.356 e. The summed E-state index contributed by atoms with van der Waals surface area (Å²) in [7, 11) is 0. The normalized spacial score (nSPS) is 11.8.